The molecule has 0 bridgehead atoms. The quantitative estimate of drug-likeness (QED) is 0.583. The van der Waals surface area contributed by atoms with Gasteiger partial charge in [0, 0.05) is 24.9 Å². The molecule has 1 unspecified atom stereocenters. The first-order valence-corrected chi connectivity index (χ1v) is 11.9. The Labute approximate surface area is 176 Å². The summed E-state index contributed by atoms with van der Waals surface area (Å²) in [6, 6.07) is 14.6. The van der Waals surface area contributed by atoms with Crippen molar-refractivity contribution >= 4 is 9.84 Å². The van der Waals surface area contributed by atoms with Crippen molar-refractivity contribution in [1.29, 1.82) is 0 Å². The molecular weight excluding hydrogens is 403 g/mol. The lowest BCUT2D eigenvalue weighted by Crippen LogP contribution is -2.25. The molecule has 30 heavy (non-hydrogen) atoms. The van der Waals surface area contributed by atoms with Crippen LogP contribution in [-0.2, 0) is 9.84 Å². The summed E-state index contributed by atoms with van der Waals surface area (Å²) in [7, 11) is -3.21. The van der Waals surface area contributed by atoms with E-state index in [0.29, 0.717) is 23.8 Å². The van der Waals surface area contributed by atoms with E-state index in [2.05, 4.69) is 4.90 Å². The minimum absolute atomic E-state index is 0.0101. The van der Waals surface area contributed by atoms with Gasteiger partial charge in [-0.3, -0.25) is 4.90 Å². The predicted octanol–water partition coefficient (Wildman–Crippen LogP) is 4.83. The van der Waals surface area contributed by atoms with Crippen molar-refractivity contribution in [3.63, 3.8) is 0 Å². The van der Waals surface area contributed by atoms with E-state index in [-0.39, 0.29) is 6.04 Å². The van der Waals surface area contributed by atoms with Gasteiger partial charge in [-0.1, -0.05) is 24.3 Å². The van der Waals surface area contributed by atoms with Gasteiger partial charge in [0.2, 0.25) is 5.89 Å². The number of alkyl halides is 1. The van der Waals surface area contributed by atoms with Crippen LogP contribution in [0.4, 0.5) is 4.39 Å². The molecule has 2 heterocycles. The zero-order valence-corrected chi connectivity index (χ0v) is 18.1. The van der Waals surface area contributed by atoms with Gasteiger partial charge in [0.1, 0.15) is 11.9 Å². The minimum Gasteiger partial charge on any atom is -0.441 e. The summed E-state index contributed by atoms with van der Waals surface area (Å²) in [6.07, 6.45) is 1.00. The van der Waals surface area contributed by atoms with Crippen molar-refractivity contribution in [2.45, 2.75) is 37.4 Å². The first-order valence-electron chi connectivity index (χ1n) is 9.99. The normalized spacial score (nSPS) is 18.6. The van der Waals surface area contributed by atoms with Crippen LogP contribution in [0.2, 0.25) is 0 Å². The first kappa shape index (κ1) is 20.8. The third-order valence-corrected chi connectivity index (χ3v) is 6.81. The number of hydrogen-bond acceptors (Lipinski definition) is 5. The highest BCUT2D eigenvalue weighted by Crippen LogP contribution is 2.31. The summed E-state index contributed by atoms with van der Waals surface area (Å²) >= 11 is 0. The second-order valence-corrected chi connectivity index (χ2v) is 9.91. The molecule has 5 nitrogen and oxygen atoms in total. The molecule has 0 N–H and O–H groups in total. The molecule has 1 saturated heterocycles. The first-order chi connectivity index (χ1) is 14.2. The van der Waals surface area contributed by atoms with Crippen molar-refractivity contribution in [3.05, 3.63) is 60.0 Å². The van der Waals surface area contributed by atoms with E-state index in [1.54, 1.807) is 24.3 Å². The van der Waals surface area contributed by atoms with Crippen LogP contribution in [0, 0.1) is 6.92 Å². The highest BCUT2D eigenvalue weighted by molar-refractivity contribution is 7.90. The van der Waals surface area contributed by atoms with E-state index in [0.717, 1.165) is 34.7 Å². The van der Waals surface area contributed by atoms with Crippen LogP contribution >= 0.6 is 0 Å². The Morgan fingerprint density at radius 2 is 1.63 bits per heavy atom. The molecule has 7 heteroatoms. The maximum atomic E-state index is 13.6. The van der Waals surface area contributed by atoms with Crippen molar-refractivity contribution in [1.82, 2.24) is 9.88 Å². The van der Waals surface area contributed by atoms with E-state index < -0.39 is 16.0 Å². The smallest absolute Gasteiger partial charge is 0.226 e. The summed E-state index contributed by atoms with van der Waals surface area (Å²) < 4.78 is 42.7. The second-order valence-electron chi connectivity index (χ2n) is 7.89. The van der Waals surface area contributed by atoms with E-state index in [1.165, 1.54) is 6.26 Å². The molecule has 1 aliphatic heterocycles. The summed E-state index contributed by atoms with van der Waals surface area (Å²) in [5, 5.41) is 0. The third kappa shape index (κ3) is 4.18. The summed E-state index contributed by atoms with van der Waals surface area (Å²) in [6.45, 7) is 5.10. The maximum absolute atomic E-state index is 13.6. The topological polar surface area (TPSA) is 63.4 Å². The number of sulfone groups is 1. The van der Waals surface area contributed by atoms with Crippen LogP contribution in [0.3, 0.4) is 0 Å². The molecule has 1 aliphatic rings. The number of aromatic nitrogens is 1. The summed E-state index contributed by atoms with van der Waals surface area (Å²) in [5.41, 5.74) is 3.61. The van der Waals surface area contributed by atoms with Gasteiger partial charge >= 0.3 is 0 Å². The summed E-state index contributed by atoms with van der Waals surface area (Å²) in [4.78, 5) is 7.10. The van der Waals surface area contributed by atoms with E-state index in [4.69, 9.17) is 9.40 Å². The monoisotopic (exact) mass is 428 g/mol. The Bertz CT molecular complexity index is 1140. The largest absolute Gasteiger partial charge is 0.441 e. The number of aryl methyl sites for hydroxylation is 1. The molecule has 2 aromatic carbocycles. The van der Waals surface area contributed by atoms with Gasteiger partial charge in [-0.25, -0.2) is 17.8 Å². The number of rotatable bonds is 5. The standard InChI is InChI=1S/C23H25FN2O3S/c1-15(26-13-12-20(24)14-26)22-16(2)29-23(25-22)19-6-4-17(5-7-19)18-8-10-21(11-9-18)30(3,27)28/h4-11,15,20H,12-14H2,1-3H3/t15?,20-/m1/s1. The Hall–Kier alpha value is -2.51. The van der Waals surface area contributed by atoms with Gasteiger partial charge in [-0.2, -0.15) is 0 Å². The molecule has 0 aliphatic carbocycles. The fourth-order valence-electron chi connectivity index (χ4n) is 3.89. The average molecular weight is 429 g/mol. The zero-order chi connectivity index (χ0) is 21.5. The van der Waals surface area contributed by atoms with Crippen molar-refractivity contribution in [2.75, 3.05) is 19.3 Å². The number of oxazole rings is 1. The van der Waals surface area contributed by atoms with Gasteiger partial charge in [0.05, 0.1) is 16.6 Å². The number of halogens is 1. The third-order valence-electron chi connectivity index (χ3n) is 5.69. The predicted molar refractivity (Wildman–Crippen MR) is 115 cm³/mol. The molecule has 158 valence electrons. The molecule has 1 fully saturated rings. The molecule has 4 rings (SSSR count). The molecule has 0 amide bonds. The van der Waals surface area contributed by atoms with Gasteiger partial charge in [-0.15, -0.1) is 0 Å². The van der Waals surface area contributed by atoms with Gasteiger partial charge in [-0.05, 0) is 55.7 Å². The van der Waals surface area contributed by atoms with Gasteiger partial charge < -0.3 is 4.42 Å². The SMILES string of the molecule is Cc1oc(-c2ccc(-c3ccc(S(C)(=O)=O)cc3)cc2)nc1C(C)N1CC[C@@H](F)C1. The van der Waals surface area contributed by atoms with Crippen molar-refractivity contribution in [2.24, 2.45) is 0 Å². The van der Waals surface area contributed by atoms with Crippen molar-refractivity contribution in [3.8, 4) is 22.6 Å². The highest BCUT2D eigenvalue weighted by Gasteiger charge is 2.29. The number of nitrogens with zero attached hydrogens (tertiary/aromatic N) is 2. The molecule has 0 radical (unpaired) electrons. The molecule has 1 aromatic heterocycles. The van der Waals surface area contributed by atoms with Gasteiger partial charge in [0.15, 0.2) is 9.84 Å². The van der Waals surface area contributed by atoms with Crippen LogP contribution in [0.25, 0.3) is 22.6 Å². The number of hydrogen-bond donors (Lipinski definition) is 0. The van der Waals surface area contributed by atoms with Crippen LogP contribution in [0.1, 0.15) is 30.8 Å². The lowest BCUT2D eigenvalue weighted by molar-refractivity contribution is 0.231. The molecule has 2 atom stereocenters. The Kier molecular flexibility index (Phi) is 5.51. The fraction of sp³-hybridized carbons (Fsp3) is 0.348. The van der Waals surface area contributed by atoms with E-state index in [9.17, 15) is 12.8 Å². The average Bonchev–Trinajstić information content (AvgIpc) is 3.33. The fourth-order valence-corrected chi connectivity index (χ4v) is 4.52. The van der Waals surface area contributed by atoms with E-state index >= 15 is 0 Å². The Morgan fingerprint density at radius 3 is 2.17 bits per heavy atom. The lowest BCUT2D eigenvalue weighted by Gasteiger charge is -2.21. The minimum atomic E-state index is -3.21. The highest BCUT2D eigenvalue weighted by atomic mass is 32.2. The van der Waals surface area contributed by atoms with E-state index in [1.807, 2.05) is 38.1 Å². The number of benzene rings is 2. The molecular formula is C23H25FN2O3S. The van der Waals surface area contributed by atoms with Crippen molar-refractivity contribution < 1.29 is 17.2 Å². The molecule has 0 spiro atoms. The maximum Gasteiger partial charge on any atom is 0.226 e. The number of likely N-dealkylation sites (tertiary alicyclic amines) is 1. The summed E-state index contributed by atoms with van der Waals surface area (Å²) in [5.74, 6) is 1.30. The Balaban J connectivity index is 1.54. The van der Waals surface area contributed by atoms with Crippen LogP contribution in [0.15, 0.2) is 57.8 Å². The van der Waals surface area contributed by atoms with Gasteiger partial charge in [0.25, 0.3) is 0 Å². The second kappa shape index (κ2) is 7.96. The van der Waals surface area contributed by atoms with Crippen LogP contribution in [-0.4, -0.2) is 43.8 Å². The molecule has 3 aromatic rings. The molecule has 0 saturated carbocycles. The lowest BCUT2D eigenvalue weighted by atomic mass is 10.0. The zero-order valence-electron chi connectivity index (χ0n) is 17.3. The Morgan fingerprint density at radius 1 is 1.07 bits per heavy atom. The van der Waals surface area contributed by atoms with Crippen LogP contribution in [0.5, 0.6) is 0 Å². The van der Waals surface area contributed by atoms with Crippen LogP contribution < -0.4 is 0 Å².